The van der Waals surface area contributed by atoms with E-state index in [2.05, 4.69) is 10.3 Å². The number of carbonyl (C=O) groups is 1. The highest BCUT2D eigenvalue weighted by atomic mass is 127. The molecule has 1 aromatic heterocycles. The van der Waals surface area contributed by atoms with E-state index in [-0.39, 0.29) is 5.82 Å². The molecular weight excluding hydrogens is 394 g/mol. The Morgan fingerprint density at radius 3 is 2.95 bits per heavy atom. The monoisotopic (exact) mass is 406 g/mol. The Morgan fingerprint density at radius 1 is 1.55 bits per heavy atom. The molecule has 4 nitrogen and oxygen atoms in total. The molecule has 7 heteroatoms. The van der Waals surface area contributed by atoms with E-state index >= 15 is 0 Å². The Bertz CT molecular complexity index is 645. The van der Waals surface area contributed by atoms with E-state index in [1.54, 1.807) is 13.0 Å². The number of aryl methyl sites for hydroxylation is 1. The van der Waals surface area contributed by atoms with E-state index in [1.807, 2.05) is 29.5 Å². The van der Waals surface area contributed by atoms with Crippen LogP contribution in [-0.2, 0) is 4.74 Å². The van der Waals surface area contributed by atoms with Crippen LogP contribution in [0.2, 0.25) is 0 Å². The molecular formula is C13H12FIN2O2S. The molecule has 1 aromatic carbocycles. The van der Waals surface area contributed by atoms with Crippen molar-refractivity contribution in [2.75, 3.05) is 11.9 Å². The number of benzene rings is 1. The van der Waals surface area contributed by atoms with Gasteiger partial charge in [-0.05, 0) is 54.6 Å². The molecule has 0 aliphatic rings. The van der Waals surface area contributed by atoms with E-state index in [9.17, 15) is 9.18 Å². The molecule has 0 amide bonds. The molecule has 2 rings (SSSR count). The second-order valence-corrected chi connectivity index (χ2v) is 6.26. The first-order valence-electron chi connectivity index (χ1n) is 5.88. The van der Waals surface area contributed by atoms with Gasteiger partial charge in [0.05, 0.1) is 12.3 Å². The van der Waals surface area contributed by atoms with Crippen molar-refractivity contribution in [1.82, 2.24) is 4.98 Å². The molecule has 0 radical (unpaired) electrons. The number of nitrogens with one attached hydrogen (secondary N) is 1. The summed E-state index contributed by atoms with van der Waals surface area (Å²) in [7, 11) is 0. The molecule has 2 aromatic rings. The molecule has 0 aliphatic heterocycles. The highest BCUT2D eigenvalue weighted by Crippen LogP contribution is 2.28. The molecule has 0 saturated carbocycles. The lowest BCUT2D eigenvalue weighted by molar-refractivity contribution is 0.0519. The average molecular weight is 406 g/mol. The fourth-order valence-electron chi connectivity index (χ4n) is 1.54. The van der Waals surface area contributed by atoms with Crippen LogP contribution in [0.3, 0.4) is 0 Å². The third-order valence-corrected chi connectivity index (χ3v) is 4.22. The summed E-state index contributed by atoms with van der Waals surface area (Å²) >= 11 is 3.39. The Balaban J connectivity index is 2.22. The summed E-state index contributed by atoms with van der Waals surface area (Å²) in [5.74, 6) is -0.717. The Labute approximate surface area is 133 Å². The van der Waals surface area contributed by atoms with E-state index in [0.717, 1.165) is 14.1 Å². The quantitative estimate of drug-likeness (QED) is 0.613. The van der Waals surface area contributed by atoms with Gasteiger partial charge in [0.2, 0.25) is 0 Å². The van der Waals surface area contributed by atoms with Gasteiger partial charge in [-0.1, -0.05) is 0 Å². The molecule has 0 bridgehead atoms. The number of nitrogens with zero attached hydrogens (tertiary/aromatic N) is 1. The predicted molar refractivity (Wildman–Crippen MR) is 85.2 cm³/mol. The van der Waals surface area contributed by atoms with Crippen molar-refractivity contribution >= 4 is 50.7 Å². The van der Waals surface area contributed by atoms with Crippen LogP contribution in [-0.4, -0.2) is 17.6 Å². The second kappa shape index (κ2) is 6.49. The molecule has 106 valence electrons. The average Bonchev–Trinajstić information content (AvgIpc) is 2.74. The van der Waals surface area contributed by atoms with Gasteiger partial charge in [-0.2, -0.15) is 0 Å². The van der Waals surface area contributed by atoms with Crippen molar-refractivity contribution in [2.24, 2.45) is 0 Å². The van der Waals surface area contributed by atoms with E-state index in [0.29, 0.717) is 17.4 Å². The van der Waals surface area contributed by atoms with Crippen LogP contribution in [0.5, 0.6) is 0 Å². The largest absolute Gasteiger partial charge is 0.461 e. The topological polar surface area (TPSA) is 51.2 Å². The van der Waals surface area contributed by atoms with Gasteiger partial charge in [0.1, 0.15) is 5.82 Å². The van der Waals surface area contributed by atoms with Crippen LogP contribution in [0, 0.1) is 16.3 Å². The van der Waals surface area contributed by atoms with Gasteiger partial charge < -0.3 is 10.1 Å². The zero-order valence-corrected chi connectivity index (χ0v) is 13.8. The van der Waals surface area contributed by atoms with Gasteiger partial charge in [0, 0.05) is 8.45 Å². The molecule has 0 unspecified atom stereocenters. The van der Waals surface area contributed by atoms with E-state index in [1.165, 1.54) is 23.5 Å². The molecule has 20 heavy (non-hydrogen) atoms. The molecule has 0 fully saturated rings. The van der Waals surface area contributed by atoms with Gasteiger partial charge in [-0.25, -0.2) is 14.2 Å². The smallest absolute Gasteiger partial charge is 0.358 e. The fourth-order valence-corrected chi connectivity index (χ4v) is 2.97. The van der Waals surface area contributed by atoms with Crippen LogP contribution >= 0.6 is 33.9 Å². The van der Waals surface area contributed by atoms with Crippen LogP contribution in [0.25, 0.3) is 0 Å². The SMILES string of the molecule is CCOC(=O)c1nc(Nc2ccc(F)cc2I)sc1C. The lowest BCUT2D eigenvalue weighted by Crippen LogP contribution is -2.06. The number of ether oxygens (including phenoxy) is 1. The third-order valence-electron chi connectivity index (χ3n) is 2.44. The highest BCUT2D eigenvalue weighted by Gasteiger charge is 2.16. The van der Waals surface area contributed by atoms with Crippen molar-refractivity contribution in [2.45, 2.75) is 13.8 Å². The predicted octanol–water partition coefficient (Wildman–Crippen LogP) is 4.12. The van der Waals surface area contributed by atoms with E-state index < -0.39 is 5.97 Å². The number of anilines is 2. The van der Waals surface area contributed by atoms with Crippen LogP contribution < -0.4 is 5.32 Å². The Kier molecular flexibility index (Phi) is 4.92. The summed E-state index contributed by atoms with van der Waals surface area (Å²) in [6, 6.07) is 4.44. The number of rotatable bonds is 4. The van der Waals surface area contributed by atoms with Crippen LogP contribution in [0.15, 0.2) is 18.2 Å². The van der Waals surface area contributed by atoms with Crippen molar-refractivity contribution in [1.29, 1.82) is 0 Å². The van der Waals surface area contributed by atoms with E-state index in [4.69, 9.17) is 4.74 Å². The zero-order valence-electron chi connectivity index (χ0n) is 10.9. The number of thiazole rings is 1. The summed E-state index contributed by atoms with van der Waals surface area (Å²) in [5, 5.41) is 3.66. The molecule has 1 N–H and O–H groups in total. The lowest BCUT2D eigenvalue weighted by Gasteiger charge is -2.05. The first-order valence-corrected chi connectivity index (χ1v) is 7.77. The summed E-state index contributed by atoms with van der Waals surface area (Å²) < 4.78 is 18.7. The maximum Gasteiger partial charge on any atom is 0.358 e. The number of esters is 1. The zero-order chi connectivity index (χ0) is 14.7. The molecule has 0 atom stereocenters. The van der Waals surface area contributed by atoms with Crippen molar-refractivity contribution < 1.29 is 13.9 Å². The first-order chi connectivity index (χ1) is 9.51. The summed E-state index contributed by atoms with van der Waals surface area (Å²) in [5.41, 5.74) is 1.06. The minimum absolute atomic E-state index is 0.289. The number of hydrogen-bond donors (Lipinski definition) is 1. The van der Waals surface area contributed by atoms with Gasteiger partial charge in [0.15, 0.2) is 10.8 Å². The number of carbonyl (C=O) groups excluding carboxylic acids is 1. The lowest BCUT2D eigenvalue weighted by atomic mass is 10.3. The number of aromatic nitrogens is 1. The third kappa shape index (κ3) is 3.45. The molecule has 0 spiro atoms. The van der Waals surface area contributed by atoms with Gasteiger partial charge in [-0.15, -0.1) is 11.3 Å². The summed E-state index contributed by atoms with van der Waals surface area (Å²) in [4.78, 5) is 16.7. The van der Waals surface area contributed by atoms with Gasteiger partial charge in [-0.3, -0.25) is 0 Å². The second-order valence-electron chi connectivity index (χ2n) is 3.89. The van der Waals surface area contributed by atoms with Crippen LogP contribution in [0.4, 0.5) is 15.2 Å². The highest BCUT2D eigenvalue weighted by molar-refractivity contribution is 14.1. The fraction of sp³-hybridized carbons (Fsp3) is 0.231. The van der Waals surface area contributed by atoms with Crippen molar-refractivity contribution in [3.63, 3.8) is 0 Å². The molecule has 0 aliphatic carbocycles. The van der Waals surface area contributed by atoms with Crippen molar-refractivity contribution in [3.05, 3.63) is 38.2 Å². The molecule has 1 heterocycles. The van der Waals surface area contributed by atoms with Crippen LogP contribution in [0.1, 0.15) is 22.3 Å². The maximum atomic E-state index is 13.0. The number of hydrogen-bond acceptors (Lipinski definition) is 5. The number of halogens is 2. The normalized spacial score (nSPS) is 10.4. The van der Waals surface area contributed by atoms with Gasteiger partial charge >= 0.3 is 5.97 Å². The Morgan fingerprint density at radius 2 is 2.30 bits per heavy atom. The maximum absolute atomic E-state index is 13.0. The molecule has 0 saturated heterocycles. The Hall–Kier alpha value is -1.22. The first kappa shape index (κ1) is 15.2. The standard InChI is InChI=1S/C13H12FIN2O2S/c1-3-19-12(18)11-7(2)20-13(17-11)16-10-5-4-8(14)6-9(10)15/h4-6H,3H2,1-2H3,(H,16,17). The minimum Gasteiger partial charge on any atom is -0.461 e. The van der Waals surface area contributed by atoms with Gasteiger partial charge in [0.25, 0.3) is 0 Å². The summed E-state index contributed by atoms with van der Waals surface area (Å²) in [6.45, 7) is 3.87. The van der Waals surface area contributed by atoms with Crippen molar-refractivity contribution in [3.8, 4) is 0 Å². The minimum atomic E-state index is -0.428. The summed E-state index contributed by atoms with van der Waals surface area (Å²) in [6.07, 6.45) is 0.